The molecular formula is C35H40N4O2. The van der Waals surface area contributed by atoms with Crippen LogP contribution in [0.4, 0.5) is 0 Å². The molecule has 7 rings (SSSR count). The fraction of sp³-hybridized carbons (Fsp3) is 0.429. The van der Waals surface area contributed by atoms with Crippen LogP contribution in [-0.2, 0) is 5.41 Å². The van der Waals surface area contributed by atoms with Gasteiger partial charge in [0.2, 0.25) is 0 Å². The number of likely N-dealkylation sites (tertiary alicyclic amines) is 1. The Morgan fingerprint density at radius 3 is 2.34 bits per heavy atom. The second kappa shape index (κ2) is 10.6. The van der Waals surface area contributed by atoms with Gasteiger partial charge in [-0.15, -0.1) is 0 Å². The molecule has 41 heavy (non-hydrogen) atoms. The Balaban J connectivity index is 1.06. The third kappa shape index (κ3) is 4.82. The number of aromatic nitrogens is 2. The summed E-state index contributed by atoms with van der Waals surface area (Å²) < 4.78 is 2.52. The number of fused-ring (bicyclic) bond motifs is 3. The topological polar surface area (TPSA) is 61.6 Å². The molecule has 3 aliphatic heterocycles. The number of aromatic hydroxyl groups is 1. The molecule has 0 aliphatic carbocycles. The minimum atomic E-state index is 0.0185. The van der Waals surface area contributed by atoms with Gasteiger partial charge in [0.15, 0.2) is 0 Å². The van der Waals surface area contributed by atoms with Crippen LogP contribution in [-0.4, -0.2) is 62.1 Å². The number of amides is 1. The number of rotatable bonds is 6. The van der Waals surface area contributed by atoms with Crippen LogP contribution in [0.3, 0.4) is 0 Å². The standard InChI is InChI=1S/C35H40N4O2/c1-25-36-32-12-5-6-13-33(32)39(25)30-23-28-14-15-29(24-30)38(28)21-18-35(27-9-3-2-4-10-27)16-19-37(20-17-35)34(41)26-8-7-11-31(40)22-26/h2-13,22,28-30,40H,14-21,23-24H2,1H3/t28-,29+,30+. The zero-order valence-electron chi connectivity index (χ0n) is 24.0. The SMILES string of the molecule is Cc1nc2ccccc2n1[C@H]1C[C@H]2CC[C@@H](C1)N2CCC1(c2ccccc2)CCN(C(=O)c2cccc(O)c2)CC1. The molecule has 212 valence electrons. The number of phenolic OH excluding ortho intramolecular Hbond substituents is 1. The first-order valence-corrected chi connectivity index (χ1v) is 15.3. The maximum Gasteiger partial charge on any atom is 0.253 e. The molecular weight excluding hydrogens is 508 g/mol. The van der Waals surface area contributed by atoms with E-state index in [1.165, 1.54) is 36.8 Å². The Labute approximate surface area is 242 Å². The van der Waals surface area contributed by atoms with Crippen molar-refractivity contribution in [2.24, 2.45) is 0 Å². The summed E-state index contributed by atoms with van der Waals surface area (Å²) in [5, 5.41) is 9.88. The van der Waals surface area contributed by atoms with E-state index >= 15 is 0 Å². The second-order valence-corrected chi connectivity index (χ2v) is 12.5. The predicted octanol–water partition coefficient (Wildman–Crippen LogP) is 6.48. The van der Waals surface area contributed by atoms with Crippen molar-refractivity contribution in [3.8, 4) is 5.75 Å². The predicted molar refractivity (Wildman–Crippen MR) is 162 cm³/mol. The van der Waals surface area contributed by atoms with Gasteiger partial charge in [-0.05, 0) is 99.7 Å². The van der Waals surface area contributed by atoms with Crippen molar-refractivity contribution in [3.63, 3.8) is 0 Å². The first-order valence-electron chi connectivity index (χ1n) is 15.3. The summed E-state index contributed by atoms with van der Waals surface area (Å²) in [5.74, 6) is 1.30. The van der Waals surface area contributed by atoms with Crippen LogP contribution in [0.15, 0.2) is 78.9 Å². The maximum absolute atomic E-state index is 13.2. The summed E-state index contributed by atoms with van der Waals surface area (Å²) >= 11 is 0. The number of phenols is 1. The molecule has 1 N–H and O–H groups in total. The Morgan fingerprint density at radius 1 is 0.902 bits per heavy atom. The van der Waals surface area contributed by atoms with Gasteiger partial charge in [-0.1, -0.05) is 48.5 Å². The molecule has 0 spiro atoms. The number of benzene rings is 3. The Kier molecular flexibility index (Phi) is 6.82. The molecule has 3 aliphatic rings. The zero-order chi connectivity index (χ0) is 28.0. The van der Waals surface area contributed by atoms with Crippen molar-refractivity contribution in [2.75, 3.05) is 19.6 Å². The van der Waals surface area contributed by atoms with E-state index in [1.807, 2.05) is 4.90 Å². The lowest BCUT2D eigenvalue weighted by molar-refractivity contribution is 0.0606. The molecule has 3 aromatic carbocycles. The van der Waals surface area contributed by atoms with Crippen LogP contribution >= 0.6 is 0 Å². The van der Waals surface area contributed by atoms with Gasteiger partial charge in [-0.25, -0.2) is 4.98 Å². The molecule has 0 radical (unpaired) electrons. The number of carbonyl (C=O) groups is 1. The minimum Gasteiger partial charge on any atom is -0.508 e. The summed E-state index contributed by atoms with van der Waals surface area (Å²) in [6.07, 6.45) is 8.02. The number of hydrogen-bond acceptors (Lipinski definition) is 4. The Hall–Kier alpha value is -3.64. The van der Waals surface area contributed by atoms with Crippen molar-refractivity contribution in [1.82, 2.24) is 19.4 Å². The van der Waals surface area contributed by atoms with E-state index in [0.29, 0.717) is 23.7 Å². The molecule has 0 saturated carbocycles. The van der Waals surface area contributed by atoms with Gasteiger partial charge < -0.3 is 14.6 Å². The molecule has 3 fully saturated rings. The number of aryl methyl sites for hydroxylation is 1. The Morgan fingerprint density at radius 2 is 1.61 bits per heavy atom. The lowest BCUT2D eigenvalue weighted by atomic mass is 9.70. The van der Waals surface area contributed by atoms with Crippen molar-refractivity contribution in [3.05, 3.63) is 95.8 Å². The summed E-state index contributed by atoms with van der Waals surface area (Å²) in [6, 6.07) is 28.1. The van der Waals surface area contributed by atoms with Gasteiger partial charge in [0.1, 0.15) is 11.6 Å². The highest BCUT2D eigenvalue weighted by Gasteiger charge is 2.44. The van der Waals surface area contributed by atoms with Gasteiger partial charge in [-0.3, -0.25) is 9.69 Å². The third-order valence-electron chi connectivity index (χ3n) is 10.3. The van der Waals surface area contributed by atoms with E-state index < -0.39 is 0 Å². The molecule has 4 aromatic rings. The van der Waals surface area contributed by atoms with Gasteiger partial charge in [-0.2, -0.15) is 0 Å². The Bertz CT molecular complexity index is 1520. The quantitative estimate of drug-likeness (QED) is 0.300. The van der Waals surface area contributed by atoms with E-state index in [0.717, 1.165) is 50.2 Å². The van der Waals surface area contributed by atoms with E-state index in [9.17, 15) is 9.90 Å². The summed E-state index contributed by atoms with van der Waals surface area (Å²) in [6.45, 7) is 4.76. The van der Waals surface area contributed by atoms with Crippen LogP contribution < -0.4 is 0 Å². The highest BCUT2D eigenvalue weighted by atomic mass is 16.3. The number of nitrogens with zero attached hydrogens (tertiary/aromatic N) is 4. The largest absolute Gasteiger partial charge is 0.508 e. The average molecular weight is 549 g/mol. The molecule has 3 saturated heterocycles. The monoisotopic (exact) mass is 548 g/mol. The highest BCUT2D eigenvalue weighted by molar-refractivity contribution is 5.94. The van der Waals surface area contributed by atoms with Gasteiger partial charge in [0.05, 0.1) is 11.0 Å². The average Bonchev–Trinajstić information content (AvgIpc) is 3.46. The fourth-order valence-electron chi connectivity index (χ4n) is 8.22. The van der Waals surface area contributed by atoms with E-state index in [2.05, 4.69) is 71.0 Å². The molecule has 6 heteroatoms. The first-order chi connectivity index (χ1) is 20.0. The van der Waals surface area contributed by atoms with Crippen molar-refractivity contribution >= 4 is 16.9 Å². The van der Waals surface area contributed by atoms with Crippen LogP contribution in [0.25, 0.3) is 11.0 Å². The fourth-order valence-corrected chi connectivity index (χ4v) is 8.22. The lowest BCUT2D eigenvalue weighted by Crippen LogP contribution is -2.49. The molecule has 1 aromatic heterocycles. The zero-order valence-corrected chi connectivity index (χ0v) is 24.0. The maximum atomic E-state index is 13.2. The number of hydrogen-bond donors (Lipinski definition) is 1. The number of imidazole rings is 1. The van der Waals surface area contributed by atoms with Crippen molar-refractivity contribution < 1.29 is 9.90 Å². The number of piperidine rings is 2. The minimum absolute atomic E-state index is 0.0185. The molecule has 1 amide bonds. The van der Waals surface area contributed by atoms with E-state index in [-0.39, 0.29) is 17.1 Å². The summed E-state index contributed by atoms with van der Waals surface area (Å²) in [5.41, 5.74) is 4.44. The van der Waals surface area contributed by atoms with Crippen LogP contribution in [0, 0.1) is 6.92 Å². The first kappa shape index (κ1) is 26.3. The number of para-hydroxylation sites is 2. The van der Waals surface area contributed by atoms with Crippen LogP contribution in [0.2, 0.25) is 0 Å². The molecule has 2 bridgehead atoms. The highest BCUT2D eigenvalue weighted by Crippen LogP contribution is 2.45. The van der Waals surface area contributed by atoms with Gasteiger partial charge >= 0.3 is 0 Å². The molecule has 6 nitrogen and oxygen atoms in total. The van der Waals surface area contributed by atoms with Gasteiger partial charge in [0, 0.05) is 36.8 Å². The van der Waals surface area contributed by atoms with Crippen LogP contribution in [0.1, 0.15) is 72.7 Å². The second-order valence-electron chi connectivity index (χ2n) is 12.5. The normalized spacial score (nSPS) is 24.1. The summed E-state index contributed by atoms with van der Waals surface area (Å²) in [7, 11) is 0. The number of carbonyl (C=O) groups excluding carboxylic acids is 1. The molecule has 0 unspecified atom stereocenters. The van der Waals surface area contributed by atoms with Crippen LogP contribution in [0.5, 0.6) is 5.75 Å². The molecule has 3 atom stereocenters. The van der Waals surface area contributed by atoms with Crippen molar-refractivity contribution in [2.45, 2.75) is 75.4 Å². The third-order valence-corrected chi connectivity index (χ3v) is 10.3. The molecule has 4 heterocycles. The lowest BCUT2D eigenvalue weighted by Gasteiger charge is -2.45. The summed E-state index contributed by atoms with van der Waals surface area (Å²) in [4.78, 5) is 22.9. The van der Waals surface area contributed by atoms with E-state index in [1.54, 1.807) is 24.3 Å². The van der Waals surface area contributed by atoms with Crippen molar-refractivity contribution in [1.29, 1.82) is 0 Å². The smallest absolute Gasteiger partial charge is 0.253 e. The van der Waals surface area contributed by atoms with Gasteiger partial charge in [0.25, 0.3) is 5.91 Å². The van der Waals surface area contributed by atoms with E-state index in [4.69, 9.17) is 4.98 Å².